The van der Waals surface area contributed by atoms with Crippen LogP contribution in [0.15, 0.2) is 24.3 Å². The lowest BCUT2D eigenvalue weighted by Crippen LogP contribution is -2.50. The lowest BCUT2D eigenvalue weighted by atomic mass is 9.82. The van der Waals surface area contributed by atoms with Crippen LogP contribution in [-0.4, -0.2) is 145 Å². The van der Waals surface area contributed by atoms with Gasteiger partial charge in [-0.2, -0.15) is 0 Å². The zero-order valence-corrected chi connectivity index (χ0v) is 40.6. The Bertz CT molecular complexity index is 1760. The van der Waals surface area contributed by atoms with Crippen molar-refractivity contribution < 1.29 is 66.7 Å². The van der Waals surface area contributed by atoms with Gasteiger partial charge in [0.25, 0.3) is 0 Å². The molecule has 0 aliphatic heterocycles. The van der Waals surface area contributed by atoms with Crippen LogP contribution in [0, 0.1) is 44.0 Å². The maximum Gasteiger partial charge on any atom is 0.313 e. The number of amides is 4. The third kappa shape index (κ3) is 34.3. The van der Waals surface area contributed by atoms with Gasteiger partial charge < -0.3 is 54.4 Å². The first-order valence-electron chi connectivity index (χ1n) is 23.6. The van der Waals surface area contributed by atoms with Crippen LogP contribution in [0.5, 0.6) is 5.75 Å². The number of aryl methyl sites for hydroxylation is 1. The minimum atomic E-state index is -1.15. The summed E-state index contributed by atoms with van der Waals surface area (Å²) in [5.74, 6) is 5.38. The standard InChI is InChI=1S/C51H74N4O14/c1-6-29-63-35-27-52-46(58)21-25-51(26-22-47(59)53-28-36-64-30-7-2,24-20-43(56)12-10-32-66-38-37-65-31-8-3)55-49(61)15-9-14-48(60)54-42(5)45(57)13-11-33-67-39-40-68-34-23-50(62)69-44-18-16-41(4)17-19-44/h1-3,16-19,42H,9-15,20-40H2,4-5H3,(H,52,58)(H,53,59)(H,54,60)(H,55,61)/t42-/m0/s1. The first-order chi connectivity index (χ1) is 33.3. The molecule has 69 heavy (non-hydrogen) atoms. The summed E-state index contributed by atoms with van der Waals surface area (Å²) in [5, 5.41) is 11.2. The SMILES string of the molecule is C#CCOCCNC(=O)CCC(CCC(=O)CCCOCCOCC#C)(CCC(=O)NCCOCC#C)NC(=O)CCCC(=O)N[C@@H](C)C(=O)CCCOCCOCCC(=O)Oc1ccc(C)cc1. The second-order valence-corrected chi connectivity index (χ2v) is 16.0. The maximum absolute atomic E-state index is 13.6. The average molecular weight is 967 g/mol. The number of rotatable bonds is 43. The Labute approximate surface area is 408 Å². The van der Waals surface area contributed by atoms with Crippen LogP contribution >= 0.6 is 0 Å². The van der Waals surface area contributed by atoms with E-state index in [1.165, 1.54) is 0 Å². The molecule has 0 aliphatic carbocycles. The molecule has 0 saturated heterocycles. The fourth-order valence-corrected chi connectivity index (χ4v) is 6.45. The van der Waals surface area contributed by atoms with Crippen molar-refractivity contribution >= 4 is 41.2 Å². The lowest BCUT2D eigenvalue weighted by Gasteiger charge is -2.35. The second kappa shape index (κ2) is 40.3. The highest BCUT2D eigenvalue weighted by Gasteiger charge is 2.33. The van der Waals surface area contributed by atoms with E-state index in [0.29, 0.717) is 45.0 Å². The van der Waals surface area contributed by atoms with Crippen molar-refractivity contribution in [1.82, 2.24) is 21.3 Å². The number of ether oxygens (including phenoxy) is 7. The number of hydrogen-bond acceptors (Lipinski definition) is 14. The van der Waals surface area contributed by atoms with Crippen LogP contribution in [0.4, 0.5) is 0 Å². The number of esters is 1. The van der Waals surface area contributed by atoms with Gasteiger partial charge in [-0.1, -0.05) is 35.5 Å². The van der Waals surface area contributed by atoms with Crippen LogP contribution in [0.2, 0.25) is 0 Å². The van der Waals surface area contributed by atoms with Crippen LogP contribution in [0.1, 0.15) is 102 Å². The van der Waals surface area contributed by atoms with Crippen molar-refractivity contribution in [2.75, 3.05) is 92.4 Å². The molecule has 18 nitrogen and oxygen atoms in total. The molecule has 4 amide bonds. The Hall–Kier alpha value is -5.65. The zero-order valence-electron chi connectivity index (χ0n) is 40.6. The number of nitrogens with one attached hydrogen (secondary N) is 4. The number of carbonyl (C=O) groups is 7. The summed E-state index contributed by atoms with van der Waals surface area (Å²) in [6.07, 6.45) is 17.3. The quantitative estimate of drug-likeness (QED) is 0.0319. The molecule has 0 aliphatic rings. The molecular weight excluding hydrogens is 893 g/mol. The van der Waals surface area contributed by atoms with E-state index in [1.807, 2.05) is 19.1 Å². The summed E-state index contributed by atoms with van der Waals surface area (Å²) in [6, 6.07) is 6.40. The highest BCUT2D eigenvalue weighted by atomic mass is 16.5. The van der Waals surface area contributed by atoms with Crippen molar-refractivity contribution in [3.63, 3.8) is 0 Å². The third-order valence-corrected chi connectivity index (χ3v) is 10.2. The predicted octanol–water partition coefficient (Wildman–Crippen LogP) is 3.09. The van der Waals surface area contributed by atoms with E-state index in [2.05, 4.69) is 39.0 Å². The monoisotopic (exact) mass is 967 g/mol. The normalized spacial score (nSPS) is 11.3. The van der Waals surface area contributed by atoms with Gasteiger partial charge in [0.1, 0.15) is 31.4 Å². The highest BCUT2D eigenvalue weighted by molar-refractivity contribution is 5.89. The molecule has 1 aromatic carbocycles. The number of benzene rings is 1. The molecule has 0 radical (unpaired) electrons. The molecule has 4 N–H and O–H groups in total. The molecule has 0 spiro atoms. The van der Waals surface area contributed by atoms with E-state index in [-0.39, 0.29) is 166 Å². The summed E-state index contributed by atoms with van der Waals surface area (Å²) in [4.78, 5) is 90.2. The van der Waals surface area contributed by atoms with E-state index < -0.39 is 29.4 Å². The zero-order chi connectivity index (χ0) is 50.8. The number of ketones is 2. The maximum atomic E-state index is 13.6. The first-order valence-corrected chi connectivity index (χ1v) is 23.6. The molecule has 0 saturated carbocycles. The fraction of sp³-hybridized carbons (Fsp3) is 0.627. The van der Waals surface area contributed by atoms with Gasteiger partial charge in [-0.3, -0.25) is 33.6 Å². The molecule has 0 unspecified atom stereocenters. The van der Waals surface area contributed by atoms with Crippen molar-refractivity contribution in [2.45, 2.75) is 115 Å². The molecule has 1 rings (SSSR count). The Balaban J connectivity index is 2.72. The Morgan fingerprint density at radius 2 is 1.03 bits per heavy atom. The number of carbonyl (C=O) groups excluding carboxylic acids is 7. The second-order valence-electron chi connectivity index (χ2n) is 16.0. The van der Waals surface area contributed by atoms with Crippen LogP contribution in [0.25, 0.3) is 0 Å². The van der Waals surface area contributed by atoms with Crippen molar-refractivity contribution in [2.24, 2.45) is 0 Å². The topological polar surface area (TPSA) is 232 Å². The first kappa shape index (κ1) is 61.4. The molecule has 382 valence electrons. The molecule has 18 heteroatoms. The van der Waals surface area contributed by atoms with E-state index in [4.69, 9.17) is 52.4 Å². The van der Waals surface area contributed by atoms with Gasteiger partial charge in [-0.05, 0) is 64.5 Å². The molecule has 1 aromatic rings. The molecule has 1 atom stereocenters. The van der Waals surface area contributed by atoms with Gasteiger partial charge in [0.05, 0.1) is 58.7 Å². The highest BCUT2D eigenvalue weighted by Crippen LogP contribution is 2.27. The summed E-state index contributed by atoms with van der Waals surface area (Å²) in [6.45, 7) is 6.73. The largest absolute Gasteiger partial charge is 0.426 e. The fourth-order valence-electron chi connectivity index (χ4n) is 6.45. The number of Topliss-reactive ketones (excluding diaryl/α,β-unsaturated/α-hetero) is 2. The van der Waals surface area contributed by atoms with E-state index in [0.717, 1.165) is 5.56 Å². The van der Waals surface area contributed by atoms with Crippen molar-refractivity contribution in [1.29, 1.82) is 0 Å². The van der Waals surface area contributed by atoms with E-state index in [1.54, 1.807) is 19.1 Å². The smallest absolute Gasteiger partial charge is 0.313 e. The minimum absolute atomic E-state index is 0.0370. The molecular formula is C51H74N4O14. The summed E-state index contributed by atoms with van der Waals surface area (Å²) < 4.78 is 37.4. The van der Waals surface area contributed by atoms with Gasteiger partial charge in [0.2, 0.25) is 23.6 Å². The number of hydrogen-bond donors (Lipinski definition) is 4. The lowest BCUT2D eigenvalue weighted by molar-refractivity contribution is -0.135. The Morgan fingerprint density at radius 1 is 0.536 bits per heavy atom. The predicted molar refractivity (Wildman–Crippen MR) is 257 cm³/mol. The Kier molecular flexibility index (Phi) is 35.8. The van der Waals surface area contributed by atoms with Crippen LogP contribution < -0.4 is 26.0 Å². The van der Waals surface area contributed by atoms with Gasteiger partial charge in [-0.25, -0.2) is 0 Å². The Morgan fingerprint density at radius 3 is 1.59 bits per heavy atom. The van der Waals surface area contributed by atoms with E-state index in [9.17, 15) is 33.6 Å². The summed E-state index contributed by atoms with van der Waals surface area (Å²) in [5.41, 5.74) is -0.0871. The van der Waals surface area contributed by atoms with Crippen LogP contribution in [-0.2, 0) is 62.0 Å². The van der Waals surface area contributed by atoms with Crippen LogP contribution in [0.3, 0.4) is 0 Å². The van der Waals surface area contributed by atoms with Gasteiger partial charge in [0, 0.05) is 76.8 Å². The number of terminal acetylenes is 3. The van der Waals surface area contributed by atoms with Crippen molar-refractivity contribution in [3.8, 4) is 42.8 Å². The molecule has 0 bridgehead atoms. The molecule has 0 aromatic heterocycles. The summed E-state index contributed by atoms with van der Waals surface area (Å²) >= 11 is 0. The summed E-state index contributed by atoms with van der Waals surface area (Å²) in [7, 11) is 0. The third-order valence-electron chi connectivity index (χ3n) is 10.2. The van der Waals surface area contributed by atoms with Gasteiger partial charge >= 0.3 is 5.97 Å². The van der Waals surface area contributed by atoms with Gasteiger partial charge in [-0.15, -0.1) is 19.3 Å². The van der Waals surface area contributed by atoms with Crippen molar-refractivity contribution in [3.05, 3.63) is 29.8 Å². The molecule has 0 fully saturated rings. The van der Waals surface area contributed by atoms with E-state index >= 15 is 0 Å². The molecule has 0 heterocycles. The van der Waals surface area contributed by atoms with Gasteiger partial charge in [0.15, 0.2) is 5.78 Å². The average Bonchev–Trinajstić information content (AvgIpc) is 3.32. The minimum Gasteiger partial charge on any atom is -0.426 e.